The zero-order valence-corrected chi connectivity index (χ0v) is 13.6. The van der Waals surface area contributed by atoms with Crippen LogP contribution in [0.25, 0.3) is 6.08 Å². The van der Waals surface area contributed by atoms with Crippen molar-refractivity contribution in [3.05, 3.63) is 64.4 Å². The maximum Gasteiger partial charge on any atom is 0.244 e. The lowest BCUT2D eigenvalue weighted by Gasteiger charge is -2.13. The molecule has 0 aliphatic carbocycles. The van der Waals surface area contributed by atoms with Crippen LogP contribution < -0.4 is 14.8 Å². The SMILES string of the molecule is CC(NC(=O)/C=C/c1ccc(F)cc1Cl)c1ccc2c(c1)OCO2. The van der Waals surface area contributed by atoms with Crippen LogP contribution in [-0.4, -0.2) is 12.7 Å². The highest BCUT2D eigenvalue weighted by Gasteiger charge is 2.16. The first kappa shape index (κ1) is 16.3. The van der Waals surface area contributed by atoms with Crippen molar-refractivity contribution < 1.29 is 18.7 Å². The Bertz CT molecular complexity index is 807. The van der Waals surface area contributed by atoms with Crippen LogP contribution >= 0.6 is 11.6 Å². The number of fused-ring (bicyclic) bond motifs is 1. The van der Waals surface area contributed by atoms with Crippen LogP contribution in [0.5, 0.6) is 11.5 Å². The van der Waals surface area contributed by atoms with Crippen molar-refractivity contribution in [2.45, 2.75) is 13.0 Å². The fourth-order valence-corrected chi connectivity index (χ4v) is 2.56. The Morgan fingerprint density at radius 2 is 2.04 bits per heavy atom. The van der Waals surface area contributed by atoms with E-state index in [1.54, 1.807) is 6.08 Å². The van der Waals surface area contributed by atoms with Crippen molar-refractivity contribution >= 4 is 23.6 Å². The molecule has 1 unspecified atom stereocenters. The Morgan fingerprint density at radius 3 is 2.83 bits per heavy atom. The summed E-state index contributed by atoms with van der Waals surface area (Å²) < 4.78 is 23.6. The van der Waals surface area contributed by atoms with E-state index in [1.165, 1.54) is 24.3 Å². The second kappa shape index (κ2) is 6.93. The zero-order valence-electron chi connectivity index (χ0n) is 12.9. The number of hydrogen-bond donors (Lipinski definition) is 1. The molecule has 24 heavy (non-hydrogen) atoms. The summed E-state index contributed by atoms with van der Waals surface area (Å²) in [6.45, 7) is 2.08. The smallest absolute Gasteiger partial charge is 0.244 e. The summed E-state index contributed by atoms with van der Waals surface area (Å²) in [4.78, 5) is 12.0. The van der Waals surface area contributed by atoms with Gasteiger partial charge in [0.15, 0.2) is 11.5 Å². The van der Waals surface area contributed by atoms with Gasteiger partial charge in [0, 0.05) is 6.08 Å². The molecule has 3 rings (SSSR count). The van der Waals surface area contributed by atoms with E-state index >= 15 is 0 Å². The third-order valence-corrected chi connectivity index (χ3v) is 3.96. The third kappa shape index (κ3) is 3.68. The minimum atomic E-state index is -0.418. The van der Waals surface area contributed by atoms with Gasteiger partial charge in [-0.1, -0.05) is 23.7 Å². The van der Waals surface area contributed by atoms with Gasteiger partial charge in [0.2, 0.25) is 12.7 Å². The van der Waals surface area contributed by atoms with E-state index < -0.39 is 5.82 Å². The summed E-state index contributed by atoms with van der Waals surface area (Å²) in [6, 6.07) is 9.33. The molecule has 2 aromatic carbocycles. The Morgan fingerprint density at radius 1 is 1.25 bits per heavy atom. The van der Waals surface area contributed by atoms with Crippen molar-refractivity contribution in [2.75, 3.05) is 6.79 Å². The summed E-state index contributed by atoms with van der Waals surface area (Å²) in [6.07, 6.45) is 2.91. The van der Waals surface area contributed by atoms with Gasteiger partial charge >= 0.3 is 0 Å². The van der Waals surface area contributed by atoms with Crippen molar-refractivity contribution in [1.29, 1.82) is 0 Å². The second-order valence-electron chi connectivity index (χ2n) is 5.34. The van der Waals surface area contributed by atoms with E-state index in [2.05, 4.69) is 5.32 Å². The molecule has 1 atom stereocenters. The Labute approximate surface area is 143 Å². The molecule has 1 N–H and O–H groups in total. The van der Waals surface area contributed by atoms with Gasteiger partial charge in [-0.25, -0.2) is 4.39 Å². The fraction of sp³-hybridized carbons (Fsp3) is 0.167. The summed E-state index contributed by atoms with van der Waals surface area (Å²) >= 11 is 5.92. The molecule has 1 amide bonds. The molecular formula is C18H15ClFNO3. The van der Waals surface area contributed by atoms with Crippen LogP contribution in [0, 0.1) is 5.82 Å². The van der Waals surface area contributed by atoms with E-state index in [4.69, 9.17) is 21.1 Å². The van der Waals surface area contributed by atoms with Gasteiger partial charge in [0.1, 0.15) is 5.82 Å². The summed E-state index contributed by atoms with van der Waals surface area (Å²) in [7, 11) is 0. The first-order valence-electron chi connectivity index (χ1n) is 7.36. The maximum absolute atomic E-state index is 13.0. The number of ether oxygens (including phenoxy) is 2. The van der Waals surface area contributed by atoms with Crippen molar-refractivity contribution in [3.8, 4) is 11.5 Å². The molecule has 6 heteroatoms. The van der Waals surface area contributed by atoms with E-state index in [0.717, 1.165) is 5.56 Å². The third-order valence-electron chi connectivity index (χ3n) is 3.63. The molecule has 0 saturated carbocycles. The predicted octanol–water partition coefficient (Wildman–Crippen LogP) is 4.10. The molecule has 0 radical (unpaired) electrons. The largest absolute Gasteiger partial charge is 0.454 e. The van der Waals surface area contributed by atoms with Crippen LogP contribution in [0.4, 0.5) is 4.39 Å². The predicted molar refractivity (Wildman–Crippen MR) is 89.6 cm³/mol. The maximum atomic E-state index is 13.0. The molecule has 4 nitrogen and oxygen atoms in total. The summed E-state index contributed by atoms with van der Waals surface area (Å²) in [5, 5.41) is 3.10. The lowest BCUT2D eigenvalue weighted by Crippen LogP contribution is -2.24. The number of carbonyl (C=O) groups is 1. The molecule has 2 aromatic rings. The summed E-state index contributed by atoms with van der Waals surface area (Å²) in [5.74, 6) is 0.670. The van der Waals surface area contributed by atoms with Gasteiger partial charge in [-0.3, -0.25) is 4.79 Å². The van der Waals surface area contributed by atoms with Crippen molar-refractivity contribution in [1.82, 2.24) is 5.32 Å². The number of halogens is 2. The van der Waals surface area contributed by atoms with Crippen LogP contribution in [-0.2, 0) is 4.79 Å². The Kier molecular flexibility index (Phi) is 4.71. The highest BCUT2D eigenvalue weighted by Crippen LogP contribution is 2.34. The van der Waals surface area contributed by atoms with Gasteiger partial charge in [-0.2, -0.15) is 0 Å². The normalized spacial score (nSPS) is 14.0. The van der Waals surface area contributed by atoms with Gasteiger partial charge in [-0.05, 0) is 48.4 Å². The molecule has 1 heterocycles. The Balaban J connectivity index is 1.64. The average molecular weight is 348 g/mol. The Hall–Kier alpha value is -2.53. The van der Waals surface area contributed by atoms with E-state index in [-0.39, 0.29) is 23.8 Å². The molecule has 0 fully saturated rings. The highest BCUT2D eigenvalue weighted by molar-refractivity contribution is 6.32. The molecule has 1 aliphatic rings. The number of benzene rings is 2. The van der Waals surface area contributed by atoms with Crippen LogP contribution in [0.2, 0.25) is 5.02 Å². The minimum absolute atomic E-state index is 0.208. The zero-order chi connectivity index (χ0) is 17.1. The van der Waals surface area contributed by atoms with Crippen molar-refractivity contribution in [2.24, 2.45) is 0 Å². The number of nitrogens with one attached hydrogen (secondary N) is 1. The number of hydrogen-bond acceptors (Lipinski definition) is 3. The topological polar surface area (TPSA) is 47.6 Å². The van der Waals surface area contributed by atoms with Crippen LogP contribution in [0.15, 0.2) is 42.5 Å². The first-order valence-corrected chi connectivity index (χ1v) is 7.74. The average Bonchev–Trinajstić information content (AvgIpc) is 3.01. The minimum Gasteiger partial charge on any atom is -0.454 e. The van der Waals surface area contributed by atoms with Gasteiger partial charge in [-0.15, -0.1) is 0 Å². The summed E-state index contributed by atoms with van der Waals surface area (Å²) in [5.41, 5.74) is 1.48. The van der Waals surface area contributed by atoms with Gasteiger partial charge in [0.25, 0.3) is 0 Å². The molecule has 124 valence electrons. The molecular weight excluding hydrogens is 333 g/mol. The lowest BCUT2D eigenvalue weighted by atomic mass is 10.1. The molecule has 0 spiro atoms. The van der Waals surface area contributed by atoms with Crippen LogP contribution in [0.3, 0.4) is 0 Å². The number of carbonyl (C=O) groups excluding carboxylic acids is 1. The van der Waals surface area contributed by atoms with Gasteiger partial charge < -0.3 is 14.8 Å². The monoisotopic (exact) mass is 347 g/mol. The second-order valence-corrected chi connectivity index (χ2v) is 5.75. The van der Waals surface area contributed by atoms with E-state index in [9.17, 15) is 9.18 Å². The fourth-order valence-electron chi connectivity index (χ4n) is 2.33. The number of amides is 1. The number of rotatable bonds is 4. The quantitative estimate of drug-likeness (QED) is 0.847. The first-order chi connectivity index (χ1) is 11.5. The van der Waals surface area contributed by atoms with Crippen LogP contribution in [0.1, 0.15) is 24.1 Å². The molecule has 1 aliphatic heterocycles. The molecule has 0 bridgehead atoms. The molecule has 0 aromatic heterocycles. The van der Waals surface area contributed by atoms with Crippen molar-refractivity contribution in [3.63, 3.8) is 0 Å². The standard InChI is InChI=1S/C18H15ClFNO3/c1-11(13-3-6-16-17(8-13)24-10-23-16)21-18(22)7-4-12-2-5-14(20)9-15(12)19/h2-9,11H,10H2,1H3,(H,21,22)/b7-4+. The molecule has 0 saturated heterocycles. The van der Waals surface area contributed by atoms with E-state index in [1.807, 2.05) is 25.1 Å². The van der Waals surface area contributed by atoms with Gasteiger partial charge in [0.05, 0.1) is 11.1 Å². The highest BCUT2D eigenvalue weighted by atomic mass is 35.5. The van der Waals surface area contributed by atoms with E-state index in [0.29, 0.717) is 17.1 Å². The lowest BCUT2D eigenvalue weighted by molar-refractivity contribution is -0.117.